The van der Waals surface area contributed by atoms with Crippen molar-refractivity contribution in [3.8, 4) is 0 Å². The van der Waals surface area contributed by atoms with Crippen LogP contribution in [0.1, 0.15) is 30.0 Å². The van der Waals surface area contributed by atoms with E-state index >= 15 is 4.39 Å². The molecule has 7 nitrogen and oxygen atoms in total. The Bertz CT molecular complexity index is 1610. The molecule has 9 heteroatoms. The number of rotatable bonds is 13. The second kappa shape index (κ2) is 14.6. The summed E-state index contributed by atoms with van der Waals surface area (Å²) >= 11 is 0. The minimum atomic E-state index is -4.37. The van der Waals surface area contributed by atoms with Gasteiger partial charge in [0.1, 0.15) is 18.4 Å². The molecule has 0 aromatic heterocycles. The number of carbonyl (C=O) groups is 2. The van der Waals surface area contributed by atoms with Crippen LogP contribution in [0.4, 0.5) is 10.1 Å². The minimum absolute atomic E-state index is 0.0480. The number of amides is 2. The molecule has 0 aliphatic carbocycles. The maximum Gasteiger partial charge on any atom is 0.264 e. The van der Waals surface area contributed by atoms with Crippen molar-refractivity contribution in [3.63, 3.8) is 0 Å². The molecule has 1 N–H and O–H groups in total. The SMILES string of the molecule is CCCNC(=O)[C@H](Cc1ccccc1)N(Cc1ccccc1)C(=O)CN(c1ccccc1F)S(=O)(=O)c1ccc(C)cc1. The third kappa shape index (κ3) is 8.08. The van der Waals surface area contributed by atoms with Gasteiger partial charge in [-0.05, 0) is 48.7 Å². The van der Waals surface area contributed by atoms with Crippen LogP contribution in [0.2, 0.25) is 0 Å². The lowest BCUT2D eigenvalue weighted by Crippen LogP contribution is -2.53. The number of anilines is 1. The van der Waals surface area contributed by atoms with Crippen molar-refractivity contribution in [1.29, 1.82) is 0 Å². The van der Waals surface area contributed by atoms with E-state index in [-0.39, 0.29) is 29.5 Å². The van der Waals surface area contributed by atoms with E-state index < -0.39 is 34.3 Å². The van der Waals surface area contributed by atoms with Gasteiger partial charge in [-0.2, -0.15) is 0 Å². The molecule has 0 radical (unpaired) electrons. The molecule has 0 saturated carbocycles. The highest BCUT2D eigenvalue weighted by Crippen LogP contribution is 2.27. The van der Waals surface area contributed by atoms with Gasteiger partial charge in [0.05, 0.1) is 10.6 Å². The number of aryl methyl sites for hydroxylation is 1. The van der Waals surface area contributed by atoms with Crippen molar-refractivity contribution >= 4 is 27.5 Å². The minimum Gasteiger partial charge on any atom is -0.354 e. The van der Waals surface area contributed by atoms with Crippen molar-refractivity contribution < 1.29 is 22.4 Å². The Balaban J connectivity index is 1.79. The molecule has 0 unspecified atom stereocenters. The van der Waals surface area contributed by atoms with E-state index in [2.05, 4.69) is 5.32 Å². The normalized spacial score (nSPS) is 11.9. The number of hydrogen-bond acceptors (Lipinski definition) is 4. The van der Waals surface area contributed by atoms with E-state index in [1.54, 1.807) is 12.1 Å². The van der Waals surface area contributed by atoms with Gasteiger partial charge in [-0.25, -0.2) is 12.8 Å². The molecule has 0 aliphatic rings. The summed E-state index contributed by atoms with van der Waals surface area (Å²) < 4.78 is 43.9. The predicted octanol–water partition coefficient (Wildman–Crippen LogP) is 5.50. The van der Waals surface area contributed by atoms with Gasteiger partial charge in [-0.1, -0.05) is 97.4 Å². The molecule has 4 aromatic rings. The van der Waals surface area contributed by atoms with Crippen LogP contribution in [0.3, 0.4) is 0 Å². The van der Waals surface area contributed by atoms with Gasteiger partial charge in [0.15, 0.2) is 0 Å². The Morgan fingerprint density at radius 3 is 2.00 bits per heavy atom. The highest BCUT2D eigenvalue weighted by atomic mass is 32.2. The molecule has 4 aromatic carbocycles. The summed E-state index contributed by atoms with van der Waals surface area (Å²) in [5.74, 6) is -1.79. The number of sulfonamides is 1. The zero-order chi connectivity index (χ0) is 30.8. The summed E-state index contributed by atoms with van der Waals surface area (Å²) in [5.41, 5.74) is 2.19. The lowest BCUT2D eigenvalue weighted by atomic mass is 10.0. The van der Waals surface area contributed by atoms with Crippen molar-refractivity contribution in [3.05, 3.63) is 132 Å². The first-order valence-electron chi connectivity index (χ1n) is 14.2. The van der Waals surface area contributed by atoms with Gasteiger partial charge in [0.2, 0.25) is 11.8 Å². The highest BCUT2D eigenvalue weighted by molar-refractivity contribution is 7.92. The van der Waals surface area contributed by atoms with Gasteiger partial charge >= 0.3 is 0 Å². The maximum absolute atomic E-state index is 15.2. The van der Waals surface area contributed by atoms with Gasteiger partial charge in [0.25, 0.3) is 10.0 Å². The number of halogens is 1. The Hall–Kier alpha value is -4.50. The van der Waals surface area contributed by atoms with Crippen LogP contribution in [0, 0.1) is 12.7 Å². The van der Waals surface area contributed by atoms with Crippen molar-refractivity contribution in [2.24, 2.45) is 0 Å². The number of nitrogens with one attached hydrogen (secondary N) is 1. The largest absolute Gasteiger partial charge is 0.354 e. The Morgan fingerprint density at radius 2 is 1.40 bits per heavy atom. The van der Waals surface area contributed by atoms with E-state index in [1.807, 2.05) is 74.5 Å². The zero-order valence-corrected chi connectivity index (χ0v) is 25.1. The van der Waals surface area contributed by atoms with Gasteiger partial charge < -0.3 is 10.2 Å². The van der Waals surface area contributed by atoms with Crippen LogP contribution >= 0.6 is 0 Å². The Morgan fingerprint density at radius 1 is 0.814 bits per heavy atom. The molecule has 1 atom stereocenters. The first-order valence-corrected chi connectivity index (χ1v) is 15.6. The third-order valence-electron chi connectivity index (χ3n) is 7.03. The van der Waals surface area contributed by atoms with E-state index in [1.165, 1.54) is 35.2 Å². The molecule has 0 saturated heterocycles. The van der Waals surface area contributed by atoms with Gasteiger partial charge in [0, 0.05) is 19.5 Å². The molecule has 43 heavy (non-hydrogen) atoms. The smallest absolute Gasteiger partial charge is 0.264 e. The monoisotopic (exact) mass is 601 g/mol. The number of nitrogens with zero attached hydrogens (tertiary/aromatic N) is 2. The summed E-state index contributed by atoms with van der Waals surface area (Å²) in [6.07, 6.45) is 0.908. The van der Waals surface area contributed by atoms with E-state index in [0.29, 0.717) is 13.0 Å². The highest BCUT2D eigenvalue weighted by Gasteiger charge is 2.35. The number of hydrogen-bond donors (Lipinski definition) is 1. The maximum atomic E-state index is 15.2. The lowest BCUT2D eigenvalue weighted by Gasteiger charge is -2.34. The van der Waals surface area contributed by atoms with Crippen molar-refractivity contribution in [1.82, 2.24) is 10.2 Å². The van der Waals surface area contributed by atoms with E-state index in [4.69, 9.17) is 0 Å². The molecule has 4 rings (SSSR count). The second-order valence-corrected chi connectivity index (χ2v) is 12.1. The average molecular weight is 602 g/mol. The van der Waals surface area contributed by atoms with Crippen LogP contribution < -0.4 is 9.62 Å². The molecule has 0 spiro atoms. The van der Waals surface area contributed by atoms with E-state index in [0.717, 1.165) is 27.1 Å². The summed E-state index contributed by atoms with van der Waals surface area (Å²) in [6.45, 7) is 3.51. The molecule has 0 bridgehead atoms. The molecular formula is C34H36FN3O4S. The van der Waals surface area contributed by atoms with Crippen LogP contribution in [0.5, 0.6) is 0 Å². The topological polar surface area (TPSA) is 86.8 Å². The van der Waals surface area contributed by atoms with Crippen LogP contribution in [0.15, 0.2) is 114 Å². The number of carbonyl (C=O) groups excluding carboxylic acids is 2. The lowest BCUT2D eigenvalue weighted by molar-refractivity contribution is -0.140. The van der Waals surface area contributed by atoms with Gasteiger partial charge in [-0.15, -0.1) is 0 Å². The molecule has 0 fully saturated rings. The molecule has 0 aliphatic heterocycles. The van der Waals surface area contributed by atoms with Gasteiger partial charge in [-0.3, -0.25) is 13.9 Å². The Kier molecular flexibility index (Phi) is 10.7. The van der Waals surface area contributed by atoms with Crippen molar-refractivity contribution in [2.45, 2.75) is 44.2 Å². The molecule has 0 heterocycles. The zero-order valence-electron chi connectivity index (χ0n) is 24.3. The first kappa shape index (κ1) is 31.4. The van der Waals surface area contributed by atoms with Crippen LogP contribution in [-0.2, 0) is 32.6 Å². The first-order chi connectivity index (χ1) is 20.7. The van der Waals surface area contributed by atoms with Crippen molar-refractivity contribution in [2.75, 3.05) is 17.4 Å². The average Bonchev–Trinajstić information content (AvgIpc) is 3.02. The van der Waals surface area contributed by atoms with Crippen LogP contribution in [-0.4, -0.2) is 44.3 Å². The second-order valence-electron chi connectivity index (χ2n) is 10.3. The number of para-hydroxylation sites is 1. The predicted molar refractivity (Wildman–Crippen MR) is 166 cm³/mol. The summed E-state index contributed by atoms with van der Waals surface area (Å²) in [5, 5.41) is 2.90. The fraction of sp³-hybridized carbons (Fsp3) is 0.235. The summed E-state index contributed by atoms with van der Waals surface area (Å²) in [6, 6.07) is 29.1. The Labute approximate surface area is 253 Å². The molecule has 2 amide bonds. The van der Waals surface area contributed by atoms with Crippen LogP contribution in [0.25, 0.3) is 0 Å². The van der Waals surface area contributed by atoms with E-state index in [9.17, 15) is 18.0 Å². The quantitative estimate of drug-likeness (QED) is 0.219. The number of benzene rings is 4. The molecule has 224 valence electrons. The summed E-state index contributed by atoms with van der Waals surface area (Å²) in [7, 11) is -4.37. The third-order valence-corrected chi connectivity index (χ3v) is 8.80. The fourth-order valence-corrected chi connectivity index (χ4v) is 6.13. The standard InChI is InChI=1S/C34H36FN3O4S/c1-3-22-36-34(40)32(23-27-12-6-4-7-13-27)37(24-28-14-8-5-9-15-28)33(39)25-38(31-17-11-10-16-30(31)35)43(41,42)29-20-18-26(2)19-21-29/h4-21,32H,3,22-25H2,1-2H3,(H,36,40)/t32-/m0/s1. The molecular weight excluding hydrogens is 565 g/mol. The fourth-order valence-electron chi connectivity index (χ4n) is 4.70. The summed E-state index contributed by atoms with van der Waals surface area (Å²) in [4.78, 5) is 29.2.